The van der Waals surface area contributed by atoms with Gasteiger partial charge in [-0.1, -0.05) is 12.1 Å². The van der Waals surface area contributed by atoms with Crippen molar-refractivity contribution in [1.29, 1.82) is 0 Å². The first-order valence-electron chi connectivity index (χ1n) is 8.64. The number of hydrazone groups is 1. The second-order valence-corrected chi connectivity index (χ2v) is 6.67. The Kier molecular flexibility index (Phi) is 6.15. The summed E-state index contributed by atoms with van der Waals surface area (Å²) in [4.78, 5) is 12.9. The fraction of sp³-hybridized carbons (Fsp3) is 0.333. The maximum atomic E-state index is 11.0. The molecule has 0 amide bonds. The molecule has 9 heteroatoms. The van der Waals surface area contributed by atoms with Crippen LogP contribution in [0, 0.1) is 10.1 Å². The van der Waals surface area contributed by atoms with Crippen LogP contribution in [-0.4, -0.2) is 47.5 Å². The molecular formula is C18H21N5O3S. The number of thiocarbonyl (C=S) groups is 1. The van der Waals surface area contributed by atoms with E-state index >= 15 is 0 Å². The first kappa shape index (κ1) is 19.0. The lowest BCUT2D eigenvalue weighted by Crippen LogP contribution is -2.36. The number of nitrogens with one attached hydrogen (secondary N) is 1. The second-order valence-electron chi connectivity index (χ2n) is 6.23. The topological polar surface area (TPSA) is 106 Å². The van der Waals surface area contributed by atoms with Crippen LogP contribution in [0.3, 0.4) is 0 Å². The number of nitro groups is 1. The van der Waals surface area contributed by atoms with Crippen LogP contribution in [0.4, 0.5) is 5.69 Å². The van der Waals surface area contributed by atoms with Crippen molar-refractivity contribution in [1.82, 2.24) is 10.3 Å². The standard InChI is InChI=1S/C18H21N5O3S/c19-18(27)21-20-12-15-5-4-14(17(15)22-6-8-26-9-7-22)10-13-2-1-3-16(11-13)23(24)25/h1-3,10-12H,4-9H2,(H3,19,21,27)/b14-10?,20-12-. The number of hydrogen-bond acceptors (Lipinski definition) is 6. The van der Waals surface area contributed by atoms with Crippen molar-refractivity contribution in [2.75, 3.05) is 26.3 Å². The van der Waals surface area contributed by atoms with Crippen LogP contribution in [0.2, 0.25) is 0 Å². The number of rotatable bonds is 5. The van der Waals surface area contributed by atoms with Gasteiger partial charge in [0.15, 0.2) is 5.11 Å². The highest BCUT2D eigenvalue weighted by atomic mass is 32.1. The van der Waals surface area contributed by atoms with Gasteiger partial charge in [0, 0.05) is 30.9 Å². The molecule has 0 spiro atoms. The van der Waals surface area contributed by atoms with Gasteiger partial charge in [-0.2, -0.15) is 5.10 Å². The number of hydrogen-bond donors (Lipinski definition) is 2. The van der Waals surface area contributed by atoms with Gasteiger partial charge in [-0.3, -0.25) is 15.5 Å². The van der Waals surface area contributed by atoms with Gasteiger partial charge in [0.25, 0.3) is 5.69 Å². The fourth-order valence-corrected chi connectivity index (χ4v) is 3.33. The summed E-state index contributed by atoms with van der Waals surface area (Å²) in [7, 11) is 0. The van der Waals surface area contributed by atoms with E-state index < -0.39 is 0 Å². The number of nitrogens with two attached hydrogens (primary N) is 1. The largest absolute Gasteiger partial charge is 0.378 e. The van der Waals surface area contributed by atoms with E-state index in [0.29, 0.717) is 13.2 Å². The smallest absolute Gasteiger partial charge is 0.270 e. The van der Waals surface area contributed by atoms with Crippen LogP contribution >= 0.6 is 12.2 Å². The summed E-state index contributed by atoms with van der Waals surface area (Å²) in [6.45, 7) is 2.93. The monoisotopic (exact) mass is 387 g/mol. The lowest BCUT2D eigenvalue weighted by atomic mass is 10.1. The van der Waals surface area contributed by atoms with E-state index in [9.17, 15) is 10.1 Å². The van der Waals surface area contributed by atoms with Crippen molar-refractivity contribution < 1.29 is 9.66 Å². The summed E-state index contributed by atoms with van der Waals surface area (Å²) < 4.78 is 5.46. The van der Waals surface area contributed by atoms with Crippen LogP contribution in [0.15, 0.2) is 46.2 Å². The average molecular weight is 387 g/mol. The number of ether oxygens (including phenoxy) is 1. The summed E-state index contributed by atoms with van der Waals surface area (Å²) in [6, 6.07) is 6.66. The minimum absolute atomic E-state index is 0.0849. The summed E-state index contributed by atoms with van der Waals surface area (Å²) in [5, 5.41) is 15.3. The van der Waals surface area contributed by atoms with E-state index in [1.807, 2.05) is 12.1 Å². The molecule has 1 aromatic rings. The molecule has 0 unspecified atom stereocenters. The molecule has 0 atom stereocenters. The molecular weight excluding hydrogens is 366 g/mol. The van der Waals surface area contributed by atoms with Crippen LogP contribution in [0.1, 0.15) is 18.4 Å². The second kappa shape index (κ2) is 8.74. The molecule has 0 bridgehead atoms. The Bertz CT molecular complexity index is 828. The quantitative estimate of drug-likeness (QED) is 0.345. The van der Waals surface area contributed by atoms with E-state index in [4.69, 9.17) is 22.7 Å². The van der Waals surface area contributed by atoms with Crippen molar-refractivity contribution in [3.63, 3.8) is 0 Å². The van der Waals surface area contributed by atoms with Crippen molar-refractivity contribution in [2.45, 2.75) is 12.8 Å². The van der Waals surface area contributed by atoms with Crippen LogP contribution in [0.5, 0.6) is 0 Å². The number of nitro benzene ring substituents is 1. The lowest BCUT2D eigenvalue weighted by Gasteiger charge is -2.31. The average Bonchev–Trinajstić information content (AvgIpc) is 3.04. The third-order valence-electron chi connectivity index (χ3n) is 4.42. The molecule has 1 heterocycles. The molecule has 8 nitrogen and oxygen atoms in total. The van der Waals surface area contributed by atoms with Crippen molar-refractivity contribution in [3.05, 3.63) is 56.8 Å². The predicted octanol–water partition coefficient (Wildman–Crippen LogP) is 2.18. The minimum atomic E-state index is -0.380. The summed E-state index contributed by atoms with van der Waals surface area (Å²) in [6.07, 6.45) is 5.43. The van der Waals surface area contributed by atoms with Crippen LogP contribution < -0.4 is 11.2 Å². The summed E-state index contributed by atoms with van der Waals surface area (Å²) in [5.41, 5.74) is 12.2. The van der Waals surface area contributed by atoms with E-state index in [1.54, 1.807) is 18.3 Å². The summed E-state index contributed by atoms with van der Waals surface area (Å²) in [5.74, 6) is 0. The molecule has 142 valence electrons. The highest BCUT2D eigenvalue weighted by Crippen LogP contribution is 2.35. The van der Waals surface area contributed by atoms with Gasteiger partial charge >= 0.3 is 0 Å². The number of nitrogens with zero attached hydrogens (tertiary/aromatic N) is 3. The Balaban J connectivity index is 1.94. The van der Waals surface area contributed by atoms with Crippen molar-refractivity contribution in [3.8, 4) is 0 Å². The number of allylic oxidation sites excluding steroid dienone is 2. The van der Waals surface area contributed by atoms with Gasteiger partial charge in [-0.25, -0.2) is 0 Å². The molecule has 0 radical (unpaired) electrons. The molecule has 3 N–H and O–H groups in total. The van der Waals surface area contributed by atoms with E-state index in [2.05, 4.69) is 15.4 Å². The number of morpholine rings is 1. The minimum Gasteiger partial charge on any atom is -0.378 e. The molecule has 3 rings (SSSR count). The van der Waals surface area contributed by atoms with E-state index in [-0.39, 0.29) is 15.7 Å². The number of benzene rings is 1. The fourth-order valence-electron chi connectivity index (χ4n) is 3.27. The lowest BCUT2D eigenvalue weighted by molar-refractivity contribution is -0.384. The zero-order valence-electron chi connectivity index (χ0n) is 14.8. The molecule has 0 aromatic heterocycles. The maximum Gasteiger partial charge on any atom is 0.270 e. The predicted molar refractivity (Wildman–Crippen MR) is 108 cm³/mol. The highest BCUT2D eigenvalue weighted by Gasteiger charge is 2.25. The molecule has 1 aliphatic carbocycles. The molecule has 1 aromatic carbocycles. The first-order chi connectivity index (χ1) is 13.0. The van der Waals surface area contributed by atoms with Gasteiger partial charge in [0.05, 0.1) is 24.4 Å². The van der Waals surface area contributed by atoms with Crippen LogP contribution in [-0.2, 0) is 4.74 Å². The molecule has 1 fully saturated rings. The number of non-ortho nitro benzene ring substituents is 1. The Labute approximate surface area is 162 Å². The third-order valence-corrected chi connectivity index (χ3v) is 4.51. The van der Waals surface area contributed by atoms with Gasteiger partial charge in [0.2, 0.25) is 0 Å². The van der Waals surface area contributed by atoms with E-state index in [0.717, 1.165) is 48.3 Å². The van der Waals surface area contributed by atoms with Gasteiger partial charge in [0.1, 0.15) is 0 Å². The summed E-state index contributed by atoms with van der Waals surface area (Å²) >= 11 is 4.78. The third kappa shape index (κ3) is 4.89. The molecule has 0 saturated carbocycles. The highest BCUT2D eigenvalue weighted by molar-refractivity contribution is 7.80. The first-order valence-corrected chi connectivity index (χ1v) is 9.05. The Morgan fingerprint density at radius 2 is 2.15 bits per heavy atom. The Morgan fingerprint density at radius 3 is 2.85 bits per heavy atom. The van der Waals surface area contributed by atoms with Gasteiger partial charge in [-0.05, 0) is 47.8 Å². The molecule has 1 aliphatic heterocycles. The molecule has 2 aliphatic rings. The van der Waals surface area contributed by atoms with Gasteiger partial charge < -0.3 is 15.4 Å². The Morgan fingerprint density at radius 1 is 1.37 bits per heavy atom. The van der Waals surface area contributed by atoms with Crippen LogP contribution in [0.25, 0.3) is 6.08 Å². The molecule has 27 heavy (non-hydrogen) atoms. The molecule has 1 saturated heterocycles. The van der Waals surface area contributed by atoms with Crippen molar-refractivity contribution >= 4 is 35.3 Å². The zero-order chi connectivity index (χ0) is 19.2. The Hall–Kier alpha value is -2.78. The SMILES string of the molecule is NC(=S)N/N=C\C1=C(N2CCOCC2)C(=Cc2cccc([N+](=O)[O-])c2)CC1. The normalized spacial score (nSPS) is 19.1. The van der Waals surface area contributed by atoms with E-state index in [1.165, 1.54) is 6.07 Å². The van der Waals surface area contributed by atoms with Crippen molar-refractivity contribution in [2.24, 2.45) is 10.8 Å². The zero-order valence-corrected chi connectivity index (χ0v) is 15.6. The van der Waals surface area contributed by atoms with Gasteiger partial charge in [-0.15, -0.1) is 0 Å². The maximum absolute atomic E-state index is 11.0.